The molecular weight excluding hydrogens is 254 g/mol. The van der Waals surface area contributed by atoms with Crippen LogP contribution in [0.25, 0.3) is 0 Å². The number of methoxy groups -OCH3 is 1. The van der Waals surface area contributed by atoms with Crippen LogP contribution in [-0.4, -0.2) is 20.1 Å². The first-order chi connectivity index (χ1) is 9.52. The SMILES string of the molecule is COc1cccc(N(C)c2ccc(N)cc2C(N)=O)c1. The Balaban J connectivity index is 2.47. The summed E-state index contributed by atoms with van der Waals surface area (Å²) in [5, 5.41) is 0. The number of ether oxygens (including phenoxy) is 1. The summed E-state index contributed by atoms with van der Waals surface area (Å²) in [4.78, 5) is 13.4. The monoisotopic (exact) mass is 271 g/mol. The second-order valence-corrected chi connectivity index (χ2v) is 4.40. The summed E-state index contributed by atoms with van der Waals surface area (Å²) in [7, 11) is 3.46. The molecule has 0 aromatic heterocycles. The number of hydrogen-bond acceptors (Lipinski definition) is 4. The maximum Gasteiger partial charge on any atom is 0.250 e. The zero-order valence-electron chi connectivity index (χ0n) is 11.5. The maximum atomic E-state index is 11.5. The summed E-state index contributed by atoms with van der Waals surface area (Å²) in [5.74, 6) is 0.229. The smallest absolute Gasteiger partial charge is 0.250 e. The molecule has 0 heterocycles. The van der Waals surface area contributed by atoms with Crippen LogP contribution in [0.2, 0.25) is 0 Å². The number of rotatable bonds is 4. The van der Waals surface area contributed by atoms with E-state index in [1.54, 1.807) is 25.3 Å². The van der Waals surface area contributed by atoms with Gasteiger partial charge in [-0.15, -0.1) is 0 Å². The second-order valence-electron chi connectivity index (χ2n) is 4.40. The molecule has 0 radical (unpaired) electrons. The minimum absolute atomic E-state index is 0.385. The fourth-order valence-electron chi connectivity index (χ4n) is 2.00. The number of anilines is 3. The lowest BCUT2D eigenvalue weighted by Crippen LogP contribution is -2.18. The predicted octanol–water partition coefficient (Wildman–Crippen LogP) is 2.14. The van der Waals surface area contributed by atoms with E-state index in [2.05, 4.69) is 0 Å². The third-order valence-corrected chi connectivity index (χ3v) is 3.09. The normalized spacial score (nSPS) is 10.1. The van der Waals surface area contributed by atoms with Crippen molar-refractivity contribution in [2.75, 3.05) is 24.8 Å². The zero-order chi connectivity index (χ0) is 14.7. The van der Waals surface area contributed by atoms with Gasteiger partial charge in [-0.3, -0.25) is 4.79 Å². The molecule has 104 valence electrons. The van der Waals surface area contributed by atoms with E-state index in [1.165, 1.54) is 0 Å². The van der Waals surface area contributed by atoms with E-state index in [0.717, 1.165) is 11.4 Å². The van der Waals surface area contributed by atoms with Crippen molar-refractivity contribution in [2.24, 2.45) is 5.73 Å². The van der Waals surface area contributed by atoms with Crippen LogP contribution >= 0.6 is 0 Å². The summed E-state index contributed by atoms with van der Waals surface area (Å²) in [6.07, 6.45) is 0. The summed E-state index contributed by atoms with van der Waals surface area (Å²) >= 11 is 0. The minimum atomic E-state index is -0.512. The molecule has 20 heavy (non-hydrogen) atoms. The van der Waals surface area contributed by atoms with Gasteiger partial charge in [0.15, 0.2) is 0 Å². The third kappa shape index (κ3) is 2.66. The highest BCUT2D eigenvalue weighted by Crippen LogP contribution is 2.30. The Bertz CT molecular complexity index is 641. The van der Waals surface area contributed by atoms with Crippen LogP contribution < -0.4 is 21.1 Å². The molecule has 1 amide bonds. The van der Waals surface area contributed by atoms with Crippen molar-refractivity contribution in [3.63, 3.8) is 0 Å². The Kier molecular flexibility index (Phi) is 3.79. The topological polar surface area (TPSA) is 81.6 Å². The van der Waals surface area contributed by atoms with Crippen LogP contribution in [0.15, 0.2) is 42.5 Å². The van der Waals surface area contributed by atoms with Gasteiger partial charge in [0.25, 0.3) is 5.91 Å². The van der Waals surface area contributed by atoms with Crippen molar-refractivity contribution in [1.82, 2.24) is 0 Å². The molecular formula is C15H17N3O2. The largest absolute Gasteiger partial charge is 0.497 e. The number of nitrogens with two attached hydrogens (primary N) is 2. The van der Waals surface area contributed by atoms with Crippen molar-refractivity contribution in [1.29, 1.82) is 0 Å². The lowest BCUT2D eigenvalue weighted by Gasteiger charge is -2.22. The van der Waals surface area contributed by atoms with Gasteiger partial charge in [-0.2, -0.15) is 0 Å². The summed E-state index contributed by atoms with van der Waals surface area (Å²) in [6, 6.07) is 12.6. The number of benzene rings is 2. The molecule has 5 heteroatoms. The Morgan fingerprint density at radius 1 is 1.20 bits per heavy atom. The molecule has 0 aliphatic rings. The molecule has 2 aromatic carbocycles. The van der Waals surface area contributed by atoms with E-state index in [9.17, 15) is 4.79 Å². The van der Waals surface area contributed by atoms with E-state index in [1.807, 2.05) is 36.2 Å². The van der Waals surface area contributed by atoms with E-state index in [-0.39, 0.29) is 0 Å². The molecule has 0 aliphatic carbocycles. The average Bonchev–Trinajstić information content (AvgIpc) is 2.46. The lowest BCUT2D eigenvalue weighted by molar-refractivity contribution is 0.100. The van der Waals surface area contributed by atoms with Gasteiger partial charge in [-0.1, -0.05) is 6.07 Å². The van der Waals surface area contributed by atoms with Gasteiger partial charge < -0.3 is 21.1 Å². The quantitative estimate of drug-likeness (QED) is 0.835. The van der Waals surface area contributed by atoms with Gasteiger partial charge in [0.05, 0.1) is 18.4 Å². The van der Waals surface area contributed by atoms with Gasteiger partial charge in [0.2, 0.25) is 0 Å². The highest BCUT2D eigenvalue weighted by atomic mass is 16.5. The molecule has 0 saturated carbocycles. The van der Waals surface area contributed by atoms with Crippen LogP contribution in [0.3, 0.4) is 0 Å². The van der Waals surface area contributed by atoms with Crippen LogP contribution in [0.4, 0.5) is 17.1 Å². The number of carbonyl (C=O) groups excluding carboxylic acids is 1. The Morgan fingerprint density at radius 3 is 2.60 bits per heavy atom. The van der Waals surface area contributed by atoms with Crippen LogP contribution in [0.1, 0.15) is 10.4 Å². The lowest BCUT2D eigenvalue weighted by atomic mass is 10.1. The number of carbonyl (C=O) groups is 1. The molecule has 2 aromatic rings. The Morgan fingerprint density at radius 2 is 1.95 bits per heavy atom. The van der Waals surface area contributed by atoms with Crippen molar-refractivity contribution in [3.05, 3.63) is 48.0 Å². The molecule has 0 aliphatic heterocycles. The van der Waals surface area contributed by atoms with Gasteiger partial charge >= 0.3 is 0 Å². The standard InChI is InChI=1S/C15H17N3O2/c1-18(11-4-3-5-12(9-11)20-2)14-7-6-10(16)8-13(14)15(17)19/h3-9H,16H2,1-2H3,(H2,17,19). The first kappa shape index (κ1) is 13.7. The predicted molar refractivity (Wildman–Crippen MR) is 80.4 cm³/mol. The van der Waals surface area contributed by atoms with Gasteiger partial charge in [-0.25, -0.2) is 0 Å². The molecule has 0 spiro atoms. The minimum Gasteiger partial charge on any atom is -0.497 e. The van der Waals surface area contributed by atoms with Gasteiger partial charge in [0, 0.05) is 24.5 Å². The molecule has 4 N–H and O–H groups in total. The molecule has 0 fully saturated rings. The molecule has 0 unspecified atom stereocenters. The maximum absolute atomic E-state index is 11.5. The van der Waals surface area contributed by atoms with Crippen LogP contribution in [-0.2, 0) is 0 Å². The molecule has 2 rings (SSSR count). The van der Waals surface area contributed by atoms with Gasteiger partial charge in [-0.05, 0) is 30.3 Å². The third-order valence-electron chi connectivity index (χ3n) is 3.09. The Labute approximate surface area is 117 Å². The average molecular weight is 271 g/mol. The van der Waals surface area contributed by atoms with Crippen LogP contribution in [0, 0.1) is 0 Å². The van der Waals surface area contributed by atoms with E-state index >= 15 is 0 Å². The molecule has 0 bridgehead atoms. The molecule has 0 saturated heterocycles. The fourth-order valence-corrected chi connectivity index (χ4v) is 2.00. The summed E-state index contributed by atoms with van der Waals surface area (Å²) < 4.78 is 5.20. The fraction of sp³-hybridized carbons (Fsp3) is 0.133. The number of nitrogen functional groups attached to an aromatic ring is 1. The summed E-state index contributed by atoms with van der Waals surface area (Å²) in [6.45, 7) is 0. The van der Waals surface area contributed by atoms with Crippen LogP contribution in [0.5, 0.6) is 5.75 Å². The van der Waals surface area contributed by atoms with Crippen molar-refractivity contribution >= 4 is 23.0 Å². The van der Waals surface area contributed by atoms with Gasteiger partial charge in [0.1, 0.15) is 5.75 Å². The summed E-state index contributed by atoms with van der Waals surface area (Å²) in [5.41, 5.74) is 13.6. The first-order valence-electron chi connectivity index (χ1n) is 6.10. The highest BCUT2D eigenvalue weighted by molar-refractivity contribution is 6.00. The number of nitrogens with zero attached hydrogens (tertiary/aromatic N) is 1. The molecule has 5 nitrogen and oxygen atoms in total. The van der Waals surface area contributed by atoms with Crippen molar-refractivity contribution < 1.29 is 9.53 Å². The van der Waals surface area contributed by atoms with E-state index in [0.29, 0.717) is 16.9 Å². The second kappa shape index (κ2) is 5.52. The molecule has 0 atom stereocenters. The van der Waals surface area contributed by atoms with E-state index < -0.39 is 5.91 Å². The van der Waals surface area contributed by atoms with Crippen molar-refractivity contribution in [3.8, 4) is 5.75 Å². The first-order valence-corrected chi connectivity index (χ1v) is 6.10. The number of primary amides is 1. The number of amides is 1. The number of hydrogen-bond donors (Lipinski definition) is 2. The van der Waals surface area contributed by atoms with Crippen molar-refractivity contribution in [2.45, 2.75) is 0 Å². The zero-order valence-corrected chi connectivity index (χ0v) is 11.5. The Hall–Kier alpha value is -2.69. The van der Waals surface area contributed by atoms with E-state index in [4.69, 9.17) is 16.2 Å². The highest BCUT2D eigenvalue weighted by Gasteiger charge is 2.14.